The minimum Gasteiger partial charge on any atom is -0.351 e. The number of rotatable bonds is 4. The van der Waals surface area contributed by atoms with Gasteiger partial charge in [0.15, 0.2) is 0 Å². The molecule has 1 aliphatic heterocycles. The van der Waals surface area contributed by atoms with Crippen LogP contribution >= 0.6 is 0 Å². The number of fused-ring (bicyclic) bond motifs is 2. The quantitative estimate of drug-likeness (QED) is 0.544. The summed E-state index contributed by atoms with van der Waals surface area (Å²) in [7, 11) is 0. The fourth-order valence-corrected chi connectivity index (χ4v) is 4.45. The normalized spacial score (nSPS) is 18.1. The van der Waals surface area contributed by atoms with Crippen LogP contribution < -0.4 is 16.0 Å². The van der Waals surface area contributed by atoms with E-state index in [1.54, 1.807) is 42.5 Å². The van der Waals surface area contributed by atoms with Gasteiger partial charge in [-0.05, 0) is 53.6 Å². The number of halogens is 2. The van der Waals surface area contributed by atoms with Gasteiger partial charge >= 0.3 is 6.03 Å². The van der Waals surface area contributed by atoms with Gasteiger partial charge in [-0.1, -0.05) is 48.6 Å². The number of nitrogens with zero attached hydrogens (tertiary/aromatic N) is 2. The first kappa shape index (κ1) is 23.2. The Hall–Kier alpha value is -4.59. The third kappa shape index (κ3) is 4.53. The number of anilines is 1. The Morgan fingerprint density at radius 1 is 0.917 bits per heavy atom. The van der Waals surface area contributed by atoms with Crippen LogP contribution in [0.1, 0.15) is 21.5 Å². The highest BCUT2D eigenvalue weighted by Gasteiger charge is 2.36. The lowest BCUT2D eigenvalue weighted by molar-refractivity contribution is 0.0951. The number of primary amides is 1. The number of benzene rings is 3. The van der Waals surface area contributed by atoms with Gasteiger partial charge in [-0.2, -0.15) is 0 Å². The highest BCUT2D eigenvalue weighted by atomic mass is 19.1. The maximum Gasteiger partial charge on any atom is 0.319 e. The molecule has 36 heavy (non-hydrogen) atoms. The maximum absolute atomic E-state index is 13.6. The first-order valence-corrected chi connectivity index (χ1v) is 11.4. The molecular weight excluding hydrogens is 462 g/mol. The predicted octanol–water partition coefficient (Wildman–Crippen LogP) is 5.03. The third-order valence-corrected chi connectivity index (χ3v) is 6.20. The van der Waals surface area contributed by atoms with Crippen molar-refractivity contribution in [2.45, 2.75) is 12.6 Å². The molecule has 3 aromatic rings. The fourth-order valence-electron chi connectivity index (χ4n) is 4.45. The summed E-state index contributed by atoms with van der Waals surface area (Å²) in [4.78, 5) is 31.8. The van der Waals surface area contributed by atoms with Crippen LogP contribution in [-0.2, 0) is 6.54 Å². The van der Waals surface area contributed by atoms with Gasteiger partial charge in [-0.25, -0.2) is 18.6 Å². The van der Waals surface area contributed by atoms with Crippen molar-refractivity contribution < 1.29 is 18.4 Å². The highest BCUT2D eigenvalue weighted by Crippen LogP contribution is 2.39. The molecular formula is C28H22F2N4O2. The average Bonchev–Trinajstić information content (AvgIpc) is 3.03. The van der Waals surface area contributed by atoms with Crippen molar-refractivity contribution in [3.8, 4) is 0 Å². The monoisotopic (exact) mass is 484 g/mol. The van der Waals surface area contributed by atoms with Crippen LogP contribution in [0.15, 0.2) is 96.0 Å². The summed E-state index contributed by atoms with van der Waals surface area (Å²) < 4.78 is 26.8. The summed E-state index contributed by atoms with van der Waals surface area (Å²) in [6.07, 6.45) is 7.49. The van der Waals surface area contributed by atoms with Crippen LogP contribution in [0.2, 0.25) is 0 Å². The number of carbonyl (C=O) groups excluding carboxylic acids is 2. The Bertz CT molecular complexity index is 1410. The molecule has 0 saturated carbocycles. The van der Waals surface area contributed by atoms with E-state index in [1.165, 1.54) is 29.2 Å². The molecule has 0 bridgehead atoms. The number of hydrogen-bond donors (Lipinski definition) is 2. The van der Waals surface area contributed by atoms with Crippen molar-refractivity contribution in [1.82, 2.24) is 5.32 Å². The maximum atomic E-state index is 13.6. The zero-order valence-corrected chi connectivity index (χ0v) is 19.1. The number of hydrogen-bond acceptors (Lipinski definition) is 3. The van der Waals surface area contributed by atoms with E-state index in [0.29, 0.717) is 28.2 Å². The lowest BCUT2D eigenvalue weighted by Gasteiger charge is -2.33. The third-order valence-electron chi connectivity index (χ3n) is 6.20. The predicted molar refractivity (Wildman–Crippen MR) is 134 cm³/mol. The topological polar surface area (TPSA) is 87.8 Å². The van der Waals surface area contributed by atoms with Crippen LogP contribution in [0.25, 0.3) is 0 Å². The second-order valence-electron chi connectivity index (χ2n) is 8.51. The summed E-state index contributed by atoms with van der Waals surface area (Å²) in [5, 5.41) is 2.81. The molecule has 0 spiro atoms. The number of urea groups is 1. The van der Waals surface area contributed by atoms with Gasteiger partial charge in [0.1, 0.15) is 11.6 Å². The molecule has 2 aliphatic rings. The molecule has 3 aromatic carbocycles. The lowest BCUT2D eigenvalue weighted by Crippen LogP contribution is -2.48. The SMILES string of the molecule is NC(=O)N1c2ccc(C(=O)NCc3ccc(F)cc3)cc2N=C(c2ccc(F)cc2)C2C=CC=CC21. The molecule has 1 aliphatic carbocycles. The molecule has 3 amide bonds. The summed E-state index contributed by atoms with van der Waals surface area (Å²) in [5.41, 5.74) is 9.05. The van der Waals surface area contributed by atoms with Crippen molar-refractivity contribution in [3.63, 3.8) is 0 Å². The molecule has 2 atom stereocenters. The van der Waals surface area contributed by atoms with Gasteiger partial charge in [0.2, 0.25) is 0 Å². The van der Waals surface area contributed by atoms with E-state index in [4.69, 9.17) is 10.7 Å². The van der Waals surface area contributed by atoms with Gasteiger partial charge in [-0.3, -0.25) is 9.69 Å². The Morgan fingerprint density at radius 3 is 2.28 bits per heavy atom. The fraction of sp³-hybridized carbons (Fsp3) is 0.107. The zero-order valence-electron chi connectivity index (χ0n) is 19.1. The smallest absolute Gasteiger partial charge is 0.319 e. The van der Waals surface area contributed by atoms with Crippen LogP contribution in [0.4, 0.5) is 25.0 Å². The molecule has 6 nitrogen and oxygen atoms in total. The van der Waals surface area contributed by atoms with E-state index in [9.17, 15) is 18.4 Å². The number of nitrogens with one attached hydrogen (secondary N) is 1. The number of carbonyl (C=O) groups is 2. The number of amides is 3. The van der Waals surface area contributed by atoms with Gasteiger partial charge in [0, 0.05) is 18.0 Å². The van der Waals surface area contributed by atoms with E-state index in [-0.39, 0.29) is 30.0 Å². The summed E-state index contributed by atoms with van der Waals surface area (Å²) in [5.74, 6) is -1.42. The van der Waals surface area contributed by atoms with E-state index < -0.39 is 12.1 Å². The zero-order chi connectivity index (χ0) is 25.2. The number of allylic oxidation sites excluding steroid dienone is 2. The Kier molecular flexibility index (Phi) is 6.16. The number of aliphatic imine (C=N–C) groups is 1. The van der Waals surface area contributed by atoms with E-state index in [0.717, 1.165) is 5.56 Å². The van der Waals surface area contributed by atoms with Gasteiger partial charge in [0.25, 0.3) is 5.91 Å². The molecule has 5 rings (SSSR count). The number of nitrogens with two attached hydrogens (primary N) is 1. The van der Waals surface area contributed by atoms with Gasteiger partial charge < -0.3 is 11.1 Å². The molecule has 180 valence electrons. The molecule has 2 unspecified atom stereocenters. The highest BCUT2D eigenvalue weighted by molar-refractivity contribution is 6.10. The van der Waals surface area contributed by atoms with E-state index >= 15 is 0 Å². The summed E-state index contributed by atoms with van der Waals surface area (Å²) in [6.45, 7) is 0.216. The van der Waals surface area contributed by atoms with Crippen molar-refractivity contribution in [2.75, 3.05) is 4.90 Å². The minimum atomic E-state index is -0.657. The molecule has 1 heterocycles. The first-order chi connectivity index (χ1) is 17.4. The molecule has 3 N–H and O–H groups in total. The van der Waals surface area contributed by atoms with Crippen LogP contribution in [-0.4, -0.2) is 23.7 Å². The van der Waals surface area contributed by atoms with Crippen LogP contribution in [0, 0.1) is 17.6 Å². The van der Waals surface area contributed by atoms with Gasteiger partial charge in [0.05, 0.1) is 23.1 Å². The second-order valence-corrected chi connectivity index (χ2v) is 8.51. The van der Waals surface area contributed by atoms with E-state index in [2.05, 4.69) is 5.32 Å². The molecule has 0 fully saturated rings. The standard InChI is InChI=1S/C28H22F2N4O2/c29-20-10-5-17(6-11-20)16-32-27(35)19-9-14-25-23(15-19)33-26(18-7-12-21(30)13-8-18)22-3-1-2-4-24(22)34(25)28(31)36/h1-15,22,24H,16H2,(H2,31,36)(H,32,35). The van der Waals surface area contributed by atoms with Crippen LogP contribution in [0.5, 0.6) is 0 Å². The molecule has 0 aromatic heterocycles. The van der Waals surface area contributed by atoms with Gasteiger partial charge in [-0.15, -0.1) is 0 Å². The van der Waals surface area contributed by atoms with Crippen molar-refractivity contribution in [2.24, 2.45) is 16.6 Å². The first-order valence-electron chi connectivity index (χ1n) is 11.4. The molecule has 8 heteroatoms. The molecule has 0 radical (unpaired) electrons. The van der Waals surface area contributed by atoms with Crippen molar-refractivity contribution in [3.05, 3.63) is 119 Å². The minimum absolute atomic E-state index is 0.216. The van der Waals surface area contributed by atoms with Crippen LogP contribution in [0.3, 0.4) is 0 Å². The van der Waals surface area contributed by atoms with Crippen molar-refractivity contribution >= 4 is 29.0 Å². The second kappa shape index (κ2) is 9.58. The summed E-state index contributed by atoms with van der Waals surface area (Å²) >= 11 is 0. The Morgan fingerprint density at radius 2 is 1.58 bits per heavy atom. The average molecular weight is 485 g/mol. The Labute approximate surface area is 206 Å². The Balaban J connectivity index is 1.55. The van der Waals surface area contributed by atoms with Crippen molar-refractivity contribution in [1.29, 1.82) is 0 Å². The summed E-state index contributed by atoms with van der Waals surface area (Å²) in [6, 6.07) is 15.6. The molecule has 0 saturated heterocycles. The largest absolute Gasteiger partial charge is 0.351 e. The van der Waals surface area contributed by atoms with E-state index in [1.807, 2.05) is 24.3 Å². The lowest BCUT2D eigenvalue weighted by atomic mass is 9.86.